The Kier molecular flexibility index (Phi) is 4.28. The molecule has 15 heavy (non-hydrogen) atoms. The topological polar surface area (TPSA) is 70.6 Å². The Bertz CT molecular complexity index is 420. The van der Waals surface area contributed by atoms with Crippen molar-refractivity contribution in [3.05, 3.63) is 26.8 Å². The summed E-state index contributed by atoms with van der Waals surface area (Å²) in [6, 6.07) is 3.70. The molecule has 6 heteroatoms. The lowest BCUT2D eigenvalue weighted by Crippen LogP contribution is -2.24. The summed E-state index contributed by atoms with van der Waals surface area (Å²) in [6.07, 6.45) is 1.48. The van der Waals surface area contributed by atoms with Crippen LogP contribution in [0.25, 0.3) is 0 Å². The van der Waals surface area contributed by atoms with Crippen molar-refractivity contribution in [2.75, 3.05) is 0 Å². The number of halogens is 1. The Balaban J connectivity index is 2.94. The van der Waals surface area contributed by atoms with Crippen LogP contribution in [0.1, 0.15) is 11.1 Å². The molecule has 0 fully saturated rings. The van der Waals surface area contributed by atoms with Gasteiger partial charge in [-0.05, 0) is 59.4 Å². The Morgan fingerprint density at radius 2 is 2.33 bits per heavy atom. The van der Waals surface area contributed by atoms with Gasteiger partial charge < -0.3 is 10.8 Å². The number of hydrogen-bond acceptors (Lipinski definition) is 3. The molecule has 4 N–H and O–H groups in total. The summed E-state index contributed by atoms with van der Waals surface area (Å²) in [5.41, 5.74) is 9.05. The number of aryl methyl sites for hydroxylation is 1. The van der Waals surface area contributed by atoms with Crippen molar-refractivity contribution in [2.45, 2.75) is 6.92 Å². The Hall–Kier alpha value is -0.890. The number of phenols is 1. The van der Waals surface area contributed by atoms with Gasteiger partial charge in [0.2, 0.25) is 0 Å². The molecule has 0 atom stereocenters. The van der Waals surface area contributed by atoms with Crippen LogP contribution in [0.2, 0.25) is 0 Å². The van der Waals surface area contributed by atoms with Crippen molar-refractivity contribution >= 4 is 46.1 Å². The van der Waals surface area contributed by atoms with Gasteiger partial charge in [-0.15, -0.1) is 0 Å². The zero-order valence-corrected chi connectivity index (χ0v) is 11.0. The van der Waals surface area contributed by atoms with Gasteiger partial charge in [-0.1, -0.05) is 0 Å². The van der Waals surface area contributed by atoms with E-state index >= 15 is 0 Å². The van der Waals surface area contributed by atoms with Crippen molar-refractivity contribution < 1.29 is 5.11 Å². The van der Waals surface area contributed by atoms with E-state index in [1.54, 1.807) is 0 Å². The average molecular weight is 335 g/mol. The Morgan fingerprint density at radius 1 is 1.67 bits per heavy atom. The summed E-state index contributed by atoms with van der Waals surface area (Å²) in [5.74, 6) is 0.212. The molecule has 4 nitrogen and oxygen atoms in total. The molecule has 1 aromatic carbocycles. The molecule has 0 radical (unpaired) electrons. The number of aromatic hydroxyl groups is 1. The first-order valence-electron chi connectivity index (χ1n) is 4.08. The maximum Gasteiger partial charge on any atom is 0.184 e. The lowest BCUT2D eigenvalue weighted by atomic mass is 10.1. The van der Waals surface area contributed by atoms with Crippen LogP contribution in [-0.4, -0.2) is 16.4 Å². The number of phenolic OH excluding ortho intramolecular Hbond substituents is 1. The number of benzene rings is 1. The van der Waals surface area contributed by atoms with E-state index in [-0.39, 0.29) is 10.9 Å². The molecule has 0 saturated carbocycles. The van der Waals surface area contributed by atoms with Crippen molar-refractivity contribution in [1.29, 1.82) is 0 Å². The van der Waals surface area contributed by atoms with Gasteiger partial charge in [0.1, 0.15) is 5.75 Å². The van der Waals surface area contributed by atoms with Crippen molar-refractivity contribution in [3.63, 3.8) is 0 Å². The largest absolute Gasteiger partial charge is 0.507 e. The zero-order valence-electron chi connectivity index (χ0n) is 7.99. The molecule has 0 aliphatic carbocycles. The van der Waals surface area contributed by atoms with Crippen LogP contribution in [0, 0.1) is 10.5 Å². The van der Waals surface area contributed by atoms with E-state index in [4.69, 9.17) is 5.73 Å². The SMILES string of the molecule is Cc1cc(I)cc(C=NNC(N)=S)c1O. The van der Waals surface area contributed by atoms with E-state index in [9.17, 15) is 5.11 Å². The molecule has 0 spiro atoms. The third-order valence-electron chi connectivity index (χ3n) is 1.67. The second-order valence-electron chi connectivity index (χ2n) is 2.89. The van der Waals surface area contributed by atoms with Crippen LogP contribution in [0.5, 0.6) is 5.75 Å². The van der Waals surface area contributed by atoms with Gasteiger partial charge in [0.25, 0.3) is 0 Å². The fraction of sp³-hybridized carbons (Fsp3) is 0.111. The highest BCUT2D eigenvalue weighted by atomic mass is 127. The first-order valence-corrected chi connectivity index (χ1v) is 5.57. The van der Waals surface area contributed by atoms with E-state index in [2.05, 4.69) is 45.3 Å². The minimum Gasteiger partial charge on any atom is -0.507 e. The monoisotopic (exact) mass is 335 g/mol. The van der Waals surface area contributed by atoms with Gasteiger partial charge in [-0.2, -0.15) is 5.10 Å². The van der Waals surface area contributed by atoms with E-state index in [0.29, 0.717) is 5.56 Å². The summed E-state index contributed by atoms with van der Waals surface area (Å²) in [7, 11) is 0. The first-order chi connectivity index (χ1) is 7.00. The molecule has 1 rings (SSSR count). The van der Waals surface area contributed by atoms with Crippen LogP contribution in [0.3, 0.4) is 0 Å². The third-order valence-corrected chi connectivity index (χ3v) is 2.39. The summed E-state index contributed by atoms with van der Waals surface area (Å²) < 4.78 is 1.03. The predicted molar refractivity (Wildman–Crippen MR) is 73.1 cm³/mol. The van der Waals surface area contributed by atoms with Crippen molar-refractivity contribution in [3.8, 4) is 5.75 Å². The summed E-state index contributed by atoms with van der Waals surface area (Å²) >= 11 is 6.75. The molecule has 0 saturated heterocycles. The van der Waals surface area contributed by atoms with E-state index in [1.165, 1.54) is 6.21 Å². The highest BCUT2D eigenvalue weighted by molar-refractivity contribution is 14.1. The molecule has 0 heterocycles. The molecule has 80 valence electrons. The molecule has 0 aliphatic rings. The lowest BCUT2D eigenvalue weighted by molar-refractivity contribution is 0.470. The third kappa shape index (κ3) is 3.63. The number of nitrogens with one attached hydrogen (secondary N) is 1. The van der Waals surface area contributed by atoms with Gasteiger partial charge in [-0.25, -0.2) is 0 Å². The van der Waals surface area contributed by atoms with Gasteiger partial charge in [0.05, 0.1) is 6.21 Å². The van der Waals surface area contributed by atoms with Gasteiger partial charge in [0, 0.05) is 9.13 Å². The smallest absolute Gasteiger partial charge is 0.184 e. The Labute approximate surface area is 107 Å². The molecule has 0 unspecified atom stereocenters. The second-order valence-corrected chi connectivity index (χ2v) is 4.58. The standard InChI is InChI=1S/C9H10IN3OS/c1-5-2-7(10)3-6(8(5)14)4-12-13-9(11)15/h2-4,14H,1H3,(H3,11,13,15). The highest BCUT2D eigenvalue weighted by Crippen LogP contribution is 2.23. The van der Waals surface area contributed by atoms with Crippen LogP contribution in [0.15, 0.2) is 17.2 Å². The predicted octanol–water partition coefficient (Wildman–Crippen LogP) is 1.47. The van der Waals surface area contributed by atoms with Gasteiger partial charge >= 0.3 is 0 Å². The summed E-state index contributed by atoms with van der Waals surface area (Å²) in [5, 5.41) is 13.6. The van der Waals surface area contributed by atoms with Gasteiger partial charge in [0.15, 0.2) is 5.11 Å². The fourth-order valence-electron chi connectivity index (χ4n) is 1.03. The highest BCUT2D eigenvalue weighted by Gasteiger charge is 2.03. The lowest BCUT2D eigenvalue weighted by Gasteiger charge is -2.03. The normalized spacial score (nSPS) is 10.5. The van der Waals surface area contributed by atoms with Crippen LogP contribution in [-0.2, 0) is 0 Å². The fourth-order valence-corrected chi connectivity index (χ4v) is 1.88. The number of hydrazone groups is 1. The molecule has 0 amide bonds. The molecule has 0 aromatic heterocycles. The number of thiocarbonyl (C=S) groups is 1. The maximum absolute atomic E-state index is 9.70. The summed E-state index contributed by atoms with van der Waals surface area (Å²) in [4.78, 5) is 0. The van der Waals surface area contributed by atoms with Gasteiger partial charge in [-0.3, -0.25) is 5.43 Å². The van der Waals surface area contributed by atoms with E-state index in [0.717, 1.165) is 9.13 Å². The minimum absolute atomic E-state index is 0.0908. The average Bonchev–Trinajstić information content (AvgIpc) is 2.12. The summed E-state index contributed by atoms with van der Waals surface area (Å²) in [6.45, 7) is 1.83. The van der Waals surface area contributed by atoms with E-state index < -0.39 is 0 Å². The molecule has 0 aliphatic heterocycles. The number of nitrogens with zero attached hydrogens (tertiary/aromatic N) is 1. The number of nitrogens with two attached hydrogens (primary N) is 1. The van der Waals surface area contributed by atoms with Crippen LogP contribution in [0.4, 0.5) is 0 Å². The first kappa shape index (κ1) is 12.2. The molecule has 1 aromatic rings. The van der Waals surface area contributed by atoms with Crippen LogP contribution >= 0.6 is 34.8 Å². The van der Waals surface area contributed by atoms with Crippen molar-refractivity contribution in [1.82, 2.24) is 5.43 Å². The quantitative estimate of drug-likeness (QED) is 0.331. The zero-order chi connectivity index (χ0) is 11.4. The molecular weight excluding hydrogens is 325 g/mol. The number of hydrogen-bond donors (Lipinski definition) is 3. The maximum atomic E-state index is 9.70. The van der Waals surface area contributed by atoms with E-state index in [1.807, 2.05) is 19.1 Å². The van der Waals surface area contributed by atoms with Crippen molar-refractivity contribution in [2.24, 2.45) is 10.8 Å². The second kappa shape index (κ2) is 5.26. The van der Waals surface area contributed by atoms with Crippen LogP contribution < -0.4 is 11.2 Å². The molecular formula is C9H10IN3OS. The minimum atomic E-state index is 0.0908. The number of rotatable bonds is 2. The Morgan fingerprint density at radius 3 is 2.93 bits per heavy atom. The molecule has 0 bridgehead atoms.